The van der Waals surface area contributed by atoms with Gasteiger partial charge in [-0.15, -0.1) is 11.3 Å². The van der Waals surface area contributed by atoms with Crippen LogP contribution in [-0.2, 0) is 10.3 Å². The Morgan fingerprint density at radius 3 is 2.67 bits per heavy atom. The molecule has 0 aliphatic carbocycles. The van der Waals surface area contributed by atoms with Crippen LogP contribution >= 0.6 is 11.3 Å². The van der Waals surface area contributed by atoms with Gasteiger partial charge in [0.2, 0.25) is 0 Å². The third-order valence-corrected chi connectivity index (χ3v) is 3.36. The maximum Gasteiger partial charge on any atom is 0.124 e. The lowest BCUT2D eigenvalue weighted by Crippen LogP contribution is -2.22. The fraction of sp³-hybridized carbons (Fsp3) is 0.667. The lowest BCUT2D eigenvalue weighted by atomic mass is 10.1. The van der Waals surface area contributed by atoms with Crippen LogP contribution in [0, 0.1) is 6.92 Å². The second-order valence-electron chi connectivity index (χ2n) is 3.06. The minimum atomic E-state index is -0.196. The van der Waals surface area contributed by atoms with Crippen LogP contribution in [0.3, 0.4) is 0 Å². The van der Waals surface area contributed by atoms with Gasteiger partial charge in [0, 0.05) is 18.2 Å². The zero-order chi connectivity index (χ0) is 9.19. The highest BCUT2D eigenvalue weighted by Gasteiger charge is 2.26. The fourth-order valence-corrected chi connectivity index (χ4v) is 1.94. The molecular formula is C9H15NOS. The van der Waals surface area contributed by atoms with Crippen LogP contribution in [0.15, 0.2) is 6.20 Å². The molecule has 0 saturated carbocycles. The number of hydrogen-bond donors (Lipinski definition) is 0. The minimum Gasteiger partial charge on any atom is -0.371 e. The maximum absolute atomic E-state index is 5.43. The summed E-state index contributed by atoms with van der Waals surface area (Å²) in [5.74, 6) is 0. The maximum atomic E-state index is 5.43. The van der Waals surface area contributed by atoms with Gasteiger partial charge in [0.1, 0.15) is 10.6 Å². The van der Waals surface area contributed by atoms with Gasteiger partial charge in [0.25, 0.3) is 0 Å². The van der Waals surface area contributed by atoms with Crippen LogP contribution in [0.4, 0.5) is 0 Å². The Morgan fingerprint density at radius 2 is 2.33 bits per heavy atom. The number of nitrogens with zero attached hydrogens (tertiary/aromatic N) is 1. The molecule has 0 bridgehead atoms. The number of aromatic nitrogens is 1. The zero-order valence-corrected chi connectivity index (χ0v) is 8.86. The molecule has 1 atom stereocenters. The molecule has 1 rings (SSSR count). The predicted octanol–water partition coefficient (Wildman–Crippen LogP) is 2.72. The molecule has 0 aliphatic heterocycles. The van der Waals surface area contributed by atoms with Gasteiger partial charge >= 0.3 is 0 Å². The molecular weight excluding hydrogens is 170 g/mol. The van der Waals surface area contributed by atoms with Crippen molar-refractivity contribution < 1.29 is 4.74 Å². The Kier molecular flexibility index (Phi) is 2.85. The Balaban J connectivity index is 2.94. The summed E-state index contributed by atoms with van der Waals surface area (Å²) in [6.07, 6.45) is 2.85. The number of methoxy groups -OCH3 is 1. The summed E-state index contributed by atoms with van der Waals surface area (Å²) in [5.41, 5.74) is -0.196. The van der Waals surface area contributed by atoms with Gasteiger partial charge in [-0.3, -0.25) is 0 Å². The Hall–Kier alpha value is -0.410. The van der Waals surface area contributed by atoms with E-state index in [0.29, 0.717) is 0 Å². The SMILES string of the molecule is CCC(C)(OC)c1ncc(C)s1. The van der Waals surface area contributed by atoms with Gasteiger partial charge < -0.3 is 4.74 Å². The molecule has 1 heterocycles. The van der Waals surface area contributed by atoms with Crippen LogP contribution < -0.4 is 0 Å². The molecule has 12 heavy (non-hydrogen) atoms. The average Bonchev–Trinajstić information content (AvgIpc) is 2.51. The molecule has 0 amide bonds. The molecule has 0 fully saturated rings. The van der Waals surface area contributed by atoms with Crippen LogP contribution in [0.25, 0.3) is 0 Å². The highest BCUT2D eigenvalue weighted by atomic mass is 32.1. The fourth-order valence-electron chi connectivity index (χ4n) is 0.982. The normalized spacial score (nSPS) is 16.0. The molecule has 0 saturated heterocycles. The zero-order valence-electron chi connectivity index (χ0n) is 8.05. The van der Waals surface area contributed by atoms with E-state index in [1.807, 2.05) is 6.20 Å². The molecule has 0 aliphatic rings. The van der Waals surface area contributed by atoms with E-state index in [1.54, 1.807) is 18.4 Å². The number of rotatable bonds is 3. The van der Waals surface area contributed by atoms with E-state index in [2.05, 4.69) is 25.8 Å². The van der Waals surface area contributed by atoms with Crippen molar-refractivity contribution in [1.82, 2.24) is 4.98 Å². The van der Waals surface area contributed by atoms with Crippen molar-refractivity contribution in [3.8, 4) is 0 Å². The molecule has 68 valence electrons. The summed E-state index contributed by atoms with van der Waals surface area (Å²) in [6.45, 7) is 6.25. The summed E-state index contributed by atoms with van der Waals surface area (Å²) in [5, 5.41) is 1.07. The molecule has 0 radical (unpaired) electrons. The van der Waals surface area contributed by atoms with E-state index in [-0.39, 0.29) is 5.60 Å². The van der Waals surface area contributed by atoms with Crippen molar-refractivity contribution in [3.63, 3.8) is 0 Å². The first-order valence-corrected chi connectivity index (χ1v) is 4.92. The first kappa shape index (κ1) is 9.68. The van der Waals surface area contributed by atoms with Gasteiger partial charge in [-0.25, -0.2) is 4.98 Å². The van der Waals surface area contributed by atoms with Crippen molar-refractivity contribution in [2.45, 2.75) is 32.8 Å². The van der Waals surface area contributed by atoms with Crippen LogP contribution in [0.2, 0.25) is 0 Å². The Morgan fingerprint density at radius 1 is 1.67 bits per heavy atom. The summed E-state index contributed by atoms with van der Waals surface area (Å²) in [6, 6.07) is 0. The number of ether oxygens (including phenoxy) is 1. The van der Waals surface area contributed by atoms with E-state index in [4.69, 9.17) is 4.74 Å². The van der Waals surface area contributed by atoms with Crippen molar-refractivity contribution >= 4 is 11.3 Å². The molecule has 0 aromatic carbocycles. The molecule has 3 heteroatoms. The summed E-state index contributed by atoms with van der Waals surface area (Å²) < 4.78 is 5.43. The van der Waals surface area contributed by atoms with E-state index in [9.17, 15) is 0 Å². The quantitative estimate of drug-likeness (QED) is 0.722. The Bertz CT molecular complexity index is 253. The molecule has 1 unspecified atom stereocenters. The smallest absolute Gasteiger partial charge is 0.124 e. The van der Waals surface area contributed by atoms with Gasteiger partial charge in [-0.05, 0) is 20.3 Å². The highest BCUT2D eigenvalue weighted by Crippen LogP contribution is 2.30. The van der Waals surface area contributed by atoms with Crippen molar-refractivity contribution in [2.75, 3.05) is 7.11 Å². The van der Waals surface area contributed by atoms with E-state index in [0.717, 1.165) is 11.4 Å². The minimum absolute atomic E-state index is 0.196. The Labute approximate surface area is 77.6 Å². The monoisotopic (exact) mass is 185 g/mol. The van der Waals surface area contributed by atoms with E-state index < -0.39 is 0 Å². The summed E-state index contributed by atoms with van der Waals surface area (Å²) in [7, 11) is 1.74. The number of hydrogen-bond acceptors (Lipinski definition) is 3. The van der Waals surface area contributed by atoms with Gasteiger partial charge in [-0.1, -0.05) is 6.92 Å². The molecule has 1 aromatic heterocycles. The lowest BCUT2D eigenvalue weighted by Gasteiger charge is -2.23. The molecule has 0 spiro atoms. The van der Waals surface area contributed by atoms with Crippen LogP contribution in [-0.4, -0.2) is 12.1 Å². The van der Waals surface area contributed by atoms with Crippen LogP contribution in [0.1, 0.15) is 30.2 Å². The second kappa shape index (κ2) is 3.54. The van der Waals surface area contributed by atoms with Gasteiger partial charge in [0.15, 0.2) is 0 Å². The molecule has 1 aromatic rings. The standard InChI is InChI=1S/C9H15NOS/c1-5-9(3,11-4)8-10-6-7(2)12-8/h6H,5H2,1-4H3. The van der Waals surface area contributed by atoms with Gasteiger partial charge in [0.05, 0.1) is 0 Å². The molecule has 2 nitrogen and oxygen atoms in total. The van der Waals surface area contributed by atoms with E-state index >= 15 is 0 Å². The summed E-state index contributed by atoms with van der Waals surface area (Å²) >= 11 is 1.71. The topological polar surface area (TPSA) is 22.1 Å². The highest BCUT2D eigenvalue weighted by molar-refractivity contribution is 7.11. The van der Waals surface area contributed by atoms with Crippen molar-refractivity contribution in [2.24, 2.45) is 0 Å². The second-order valence-corrected chi connectivity index (χ2v) is 4.30. The largest absolute Gasteiger partial charge is 0.371 e. The lowest BCUT2D eigenvalue weighted by molar-refractivity contribution is -0.00156. The first-order valence-electron chi connectivity index (χ1n) is 4.10. The van der Waals surface area contributed by atoms with Crippen LogP contribution in [0.5, 0.6) is 0 Å². The third-order valence-electron chi connectivity index (χ3n) is 2.20. The van der Waals surface area contributed by atoms with Gasteiger partial charge in [-0.2, -0.15) is 0 Å². The third kappa shape index (κ3) is 1.67. The predicted molar refractivity (Wildman–Crippen MR) is 51.5 cm³/mol. The summed E-state index contributed by atoms with van der Waals surface area (Å²) in [4.78, 5) is 5.56. The number of thiazole rings is 1. The van der Waals surface area contributed by atoms with Crippen molar-refractivity contribution in [3.05, 3.63) is 16.1 Å². The van der Waals surface area contributed by atoms with Crippen molar-refractivity contribution in [1.29, 1.82) is 0 Å². The molecule has 0 N–H and O–H groups in total. The first-order chi connectivity index (χ1) is 5.62. The average molecular weight is 185 g/mol. The van der Waals surface area contributed by atoms with E-state index in [1.165, 1.54) is 4.88 Å². The number of aryl methyl sites for hydroxylation is 1.